The molecule has 6 nitrogen and oxygen atoms in total. The molecule has 0 bridgehead atoms. The van der Waals surface area contributed by atoms with Crippen LogP contribution in [0.25, 0.3) is 0 Å². The zero-order valence-electron chi connectivity index (χ0n) is 48.1. The van der Waals surface area contributed by atoms with Crippen molar-refractivity contribution in [2.24, 2.45) is 0 Å². The minimum atomic E-state index is -0.799. The Hall–Kier alpha value is -3.41. The van der Waals surface area contributed by atoms with Gasteiger partial charge in [0, 0.05) is 19.3 Å². The highest BCUT2D eigenvalue weighted by atomic mass is 16.6. The number of esters is 3. The van der Waals surface area contributed by atoms with Crippen molar-refractivity contribution < 1.29 is 28.6 Å². The average molecular weight is 1020 g/mol. The normalized spacial score (nSPS) is 12.6. The zero-order valence-corrected chi connectivity index (χ0v) is 48.1. The predicted octanol–water partition coefficient (Wildman–Crippen LogP) is 21.1. The first-order valence-corrected chi connectivity index (χ1v) is 31.1. The Balaban J connectivity index is 4.40. The van der Waals surface area contributed by atoms with Gasteiger partial charge >= 0.3 is 17.9 Å². The van der Waals surface area contributed by atoms with Crippen LogP contribution in [0, 0.1) is 0 Å². The van der Waals surface area contributed by atoms with Crippen LogP contribution in [-0.2, 0) is 28.6 Å². The number of ether oxygens (including phenoxy) is 3. The highest BCUT2D eigenvalue weighted by Crippen LogP contribution is 2.17. The van der Waals surface area contributed by atoms with Crippen LogP contribution in [0.4, 0.5) is 0 Å². The Morgan fingerprint density at radius 2 is 0.534 bits per heavy atom. The second-order valence-electron chi connectivity index (χ2n) is 20.6. The monoisotopic (exact) mass is 1020 g/mol. The molecule has 0 aliphatic carbocycles. The molecule has 0 spiro atoms. The summed E-state index contributed by atoms with van der Waals surface area (Å²) in [5, 5.41) is 0. The molecule has 1 atom stereocenters. The van der Waals surface area contributed by atoms with Crippen molar-refractivity contribution >= 4 is 17.9 Å². The molecule has 0 radical (unpaired) electrons. The van der Waals surface area contributed by atoms with Gasteiger partial charge in [0.25, 0.3) is 0 Å². The molecule has 0 heterocycles. The van der Waals surface area contributed by atoms with Crippen LogP contribution < -0.4 is 0 Å². The molecule has 73 heavy (non-hydrogen) atoms. The molecule has 0 unspecified atom stereocenters. The summed E-state index contributed by atoms with van der Waals surface area (Å²) < 4.78 is 16.9. The van der Waals surface area contributed by atoms with Crippen molar-refractivity contribution in [3.8, 4) is 0 Å². The van der Waals surface area contributed by atoms with E-state index >= 15 is 0 Å². The van der Waals surface area contributed by atoms with E-state index in [9.17, 15) is 14.4 Å². The first-order valence-electron chi connectivity index (χ1n) is 31.1. The van der Waals surface area contributed by atoms with Gasteiger partial charge in [0.1, 0.15) is 13.2 Å². The van der Waals surface area contributed by atoms with E-state index < -0.39 is 6.10 Å². The Labute approximate surface area is 452 Å². The highest BCUT2D eigenvalue weighted by molar-refractivity contribution is 5.71. The van der Waals surface area contributed by atoms with Crippen LogP contribution in [-0.4, -0.2) is 37.2 Å². The molecule has 0 amide bonds. The summed E-state index contributed by atoms with van der Waals surface area (Å²) in [6.45, 7) is 6.49. The fraction of sp³-hybridized carbons (Fsp3) is 0.746. The molecule has 0 fully saturated rings. The van der Waals surface area contributed by atoms with Crippen LogP contribution in [0.2, 0.25) is 0 Å². The summed E-state index contributed by atoms with van der Waals surface area (Å²) in [7, 11) is 0. The van der Waals surface area contributed by atoms with Gasteiger partial charge < -0.3 is 14.2 Å². The van der Waals surface area contributed by atoms with Gasteiger partial charge in [-0.25, -0.2) is 0 Å². The highest BCUT2D eigenvalue weighted by Gasteiger charge is 2.19. The summed E-state index contributed by atoms with van der Waals surface area (Å²) in [6, 6.07) is 0. The number of allylic oxidation sites excluding steroid dienone is 14. The molecule has 6 heteroatoms. The van der Waals surface area contributed by atoms with E-state index in [1.165, 1.54) is 141 Å². The van der Waals surface area contributed by atoms with Gasteiger partial charge in [-0.2, -0.15) is 0 Å². The van der Waals surface area contributed by atoms with E-state index in [-0.39, 0.29) is 31.1 Å². The molecule has 0 aromatic heterocycles. The van der Waals surface area contributed by atoms with Crippen molar-refractivity contribution in [3.63, 3.8) is 0 Å². The Bertz CT molecular complexity index is 1400. The van der Waals surface area contributed by atoms with Crippen molar-refractivity contribution in [1.29, 1.82) is 0 Å². The predicted molar refractivity (Wildman–Crippen MR) is 316 cm³/mol. The van der Waals surface area contributed by atoms with Crippen LogP contribution in [0.3, 0.4) is 0 Å². The molecule has 0 saturated heterocycles. The number of carbonyl (C=O) groups excluding carboxylic acids is 3. The average Bonchev–Trinajstić information content (AvgIpc) is 3.39. The Morgan fingerprint density at radius 1 is 0.288 bits per heavy atom. The van der Waals surface area contributed by atoms with Gasteiger partial charge in [-0.05, 0) is 96.3 Å². The molecule has 0 aromatic rings. The molecular weight excluding hydrogens is 901 g/mol. The molecule has 0 aliphatic heterocycles. The molecule has 0 N–H and O–H groups in total. The van der Waals surface area contributed by atoms with E-state index in [0.717, 1.165) is 122 Å². The molecule has 0 saturated carbocycles. The van der Waals surface area contributed by atoms with Crippen LogP contribution in [0.5, 0.6) is 0 Å². The zero-order chi connectivity index (χ0) is 52.9. The third-order valence-corrected chi connectivity index (χ3v) is 13.4. The van der Waals surface area contributed by atoms with Gasteiger partial charge in [-0.15, -0.1) is 0 Å². The molecular formula is C67H116O6. The number of unbranched alkanes of at least 4 members (excludes halogenated alkanes) is 31. The maximum atomic E-state index is 12.9. The summed E-state index contributed by atoms with van der Waals surface area (Å²) >= 11 is 0. The number of carbonyl (C=O) groups is 3. The third kappa shape index (κ3) is 59.3. The van der Waals surface area contributed by atoms with Gasteiger partial charge in [-0.1, -0.05) is 273 Å². The lowest BCUT2D eigenvalue weighted by molar-refractivity contribution is -0.167. The largest absolute Gasteiger partial charge is 0.462 e. The second-order valence-corrected chi connectivity index (χ2v) is 20.6. The Kier molecular flexibility index (Phi) is 58.3. The quantitative estimate of drug-likeness (QED) is 0.0261. The van der Waals surface area contributed by atoms with Gasteiger partial charge in [-0.3, -0.25) is 14.4 Å². The summed E-state index contributed by atoms with van der Waals surface area (Å²) in [5.74, 6) is -0.930. The van der Waals surface area contributed by atoms with Crippen LogP contribution >= 0.6 is 0 Å². The SMILES string of the molecule is CC/C=C\C/C=C\C/C=C\CCCCCCCC(=O)O[C@H](COC(=O)CCCCC/C=C\C/C=C\C/C=C\C/C=C\CCCCC)COC(=O)CCCCCCCCCCCCCCCCCCCCCCC. The van der Waals surface area contributed by atoms with Gasteiger partial charge in [0.2, 0.25) is 0 Å². The lowest BCUT2D eigenvalue weighted by atomic mass is 10.0. The summed E-state index contributed by atoms with van der Waals surface area (Å²) in [4.78, 5) is 38.3. The van der Waals surface area contributed by atoms with Crippen molar-refractivity contribution in [2.45, 2.75) is 309 Å². The van der Waals surface area contributed by atoms with Crippen LogP contribution in [0.15, 0.2) is 85.1 Å². The van der Waals surface area contributed by atoms with E-state index in [0.29, 0.717) is 19.3 Å². The summed E-state index contributed by atoms with van der Waals surface area (Å²) in [5.41, 5.74) is 0. The van der Waals surface area contributed by atoms with E-state index in [1.54, 1.807) is 0 Å². The maximum Gasteiger partial charge on any atom is 0.306 e. The fourth-order valence-corrected chi connectivity index (χ4v) is 8.74. The van der Waals surface area contributed by atoms with Crippen molar-refractivity contribution in [3.05, 3.63) is 85.1 Å². The first-order chi connectivity index (χ1) is 36.0. The molecule has 420 valence electrons. The van der Waals surface area contributed by atoms with E-state index in [4.69, 9.17) is 14.2 Å². The standard InChI is InChI=1S/C67H116O6/c1-4-7-10-13-16-19-22-25-28-30-32-33-35-37-40-42-45-48-51-54-57-60-66(69)72-63-64(73-67(70)61-58-55-52-49-46-43-38-27-24-21-18-15-12-9-6-3)62-71-65(68)59-56-53-50-47-44-41-39-36-34-31-29-26-23-20-17-14-11-8-5-2/h9,12,17-18,20-21,26-27,29,34,36,38,41,44,64H,4-8,10-11,13-16,19,22-25,28,30-33,35,37,39-40,42-43,45-63H2,1-3H3/b12-9-,20-17-,21-18-,29-26-,36-34-,38-27-,44-41-/t64-/m1/s1. The minimum Gasteiger partial charge on any atom is -0.462 e. The maximum absolute atomic E-state index is 12.9. The summed E-state index contributed by atoms with van der Waals surface area (Å²) in [6.07, 6.45) is 80.1. The first kappa shape index (κ1) is 69.6. The third-order valence-electron chi connectivity index (χ3n) is 13.4. The van der Waals surface area contributed by atoms with Crippen LogP contribution in [0.1, 0.15) is 303 Å². The second kappa shape index (κ2) is 61.1. The molecule has 0 rings (SSSR count). The fourth-order valence-electron chi connectivity index (χ4n) is 8.74. The van der Waals surface area contributed by atoms with E-state index in [2.05, 4.69) is 106 Å². The lowest BCUT2D eigenvalue weighted by Crippen LogP contribution is -2.30. The van der Waals surface area contributed by atoms with Crippen molar-refractivity contribution in [2.75, 3.05) is 13.2 Å². The smallest absolute Gasteiger partial charge is 0.306 e. The molecule has 0 aromatic carbocycles. The number of hydrogen-bond donors (Lipinski definition) is 0. The minimum absolute atomic E-state index is 0.0919. The molecule has 0 aliphatic rings. The van der Waals surface area contributed by atoms with E-state index in [1.807, 2.05) is 0 Å². The van der Waals surface area contributed by atoms with Gasteiger partial charge in [0.15, 0.2) is 6.10 Å². The topological polar surface area (TPSA) is 78.9 Å². The number of hydrogen-bond acceptors (Lipinski definition) is 6. The van der Waals surface area contributed by atoms with Gasteiger partial charge in [0.05, 0.1) is 0 Å². The van der Waals surface area contributed by atoms with Crippen molar-refractivity contribution in [1.82, 2.24) is 0 Å². The Morgan fingerprint density at radius 3 is 0.877 bits per heavy atom. The number of rotatable bonds is 56. The lowest BCUT2D eigenvalue weighted by Gasteiger charge is -2.18.